The van der Waals surface area contributed by atoms with Crippen LogP contribution in [0.1, 0.15) is 18.3 Å². The summed E-state index contributed by atoms with van der Waals surface area (Å²) in [5.41, 5.74) is 3.32. The molecule has 0 aliphatic carbocycles. The minimum absolute atomic E-state index is 0.0621. The number of H-pyrrole nitrogens is 1. The van der Waals surface area contributed by atoms with Gasteiger partial charge in [-0.25, -0.2) is 4.98 Å². The van der Waals surface area contributed by atoms with Crippen LogP contribution in [-0.4, -0.2) is 30.2 Å². The lowest BCUT2D eigenvalue weighted by Gasteiger charge is -2.10. The fraction of sp³-hybridized carbons (Fsp3) is 0.136. The maximum absolute atomic E-state index is 12.3. The molecule has 0 saturated carbocycles. The van der Waals surface area contributed by atoms with Crippen molar-refractivity contribution in [2.24, 2.45) is 0 Å². The molecule has 3 aromatic heterocycles. The number of furan rings is 1. The molecule has 0 radical (unpaired) electrons. The molecule has 9 heteroatoms. The van der Waals surface area contributed by atoms with Crippen molar-refractivity contribution in [1.29, 1.82) is 0 Å². The van der Waals surface area contributed by atoms with Crippen LogP contribution in [0.15, 0.2) is 68.4 Å². The Morgan fingerprint density at radius 3 is 2.74 bits per heavy atom. The van der Waals surface area contributed by atoms with Crippen LogP contribution in [0.2, 0.25) is 0 Å². The van der Waals surface area contributed by atoms with Crippen LogP contribution in [0.4, 0.5) is 0 Å². The second kappa shape index (κ2) is 7.92. The lowest BCUT2D eigenvalue weighted by molar-refractivity contribution is 0.629. The van der Waals surface area contributed by atoms with E-state index in [0.29, 0.717) is 24.6 Å². The molecule has 0 unspecified atom stereocenters. The molecule has 5 rings (SSSR count). The van der Waals surface area contributed by atoms with Gasteiger partial charge >= 0.3 is 0 Å². The molecule has 8 nitrogen and oxygen atoms in total. The summed E-state index contributed by atoms with van der Waals surface area (Å²) in [5, 5.41) is 15.3. The summed E-state index contributed by atoms with van der Waals surface area (Å²) in [6.07, 6.45) is 2.24. The van der Waals surface area contributed by atoms with Crippen LogP contribution < -0.4 is 5.56 Å². The predicted octanol–water partition coefficient (Wildman–Crippen LogP) is 4.21. The molecule has 0 amide bonds. The first kappa shape index (κ1) is 19.4. The zero-order chi connectivity index (χ0) is 21.4. The average molecular weight is 477 g/mol. The topological polar surface area (TPSA) is 102 Å². The molecule has 2 aromatic carbocycles. The summed E-state index contributed by atoms with van der Waals surface area (Å²) < 4.78 is 8.71. The zero-order valence-corrected chi connectivity index (χ0v) is 18.1. The fourth-order valence-electron chi connectivity index (χ4n) is 3.65. The number of fused-ring (bicyclic) bond motifs is 1. The lowest BCUT2D eigenvalue weighted by Crippen LogP contribution is -2.24. The fourth-order valence-corrected chi connectivity index (χ4v) is 4.25. The first-order valence-electron chi connectivity index (χ1n) is 9.74. The summed E-state index contributed by atoms with van der Waals surface area (Å²) in [6, 6.07) is 15.1. The number of nitrogens with one attached hydrogen (secondary N) is 1. The van der Waals surface area contributed by atoms with Crippen molar-refractivity contribution >= 4 is 26.9 Å². The first-order valence-corrected chi connectivity index (χ1v) is 10.5. The minimum Gasteiger partial charge on any atom is -0.455 e. The molecule has 0 aliphatic rings. The van der Waals surface area contributed by atoms with E-state index in [0.717, 1.165) is 38.0 Å². The Morgan fingerprint density at radius 2 is 1.97 bits per heavy atom. The zero-order valence-electron chi connectivity index (χ0n) is 16.5. The van der Waals surface area contributed by atoms with E-state index in [9.17, 15) is 4.79 Å². The highest BCUT2D eigenvalue weighted by molar-refractivity contribution is 9.10. The Balaban J connectivity index is 1.60. The van der Waals surface area contributed by atoms with E-state index in [1.54, 1.807) is 10.8 Å². The number of aryl methyl sites for hydroxylation is 1. The van der Waals surface area contributed by atoms with Crippen molar-refractivity contribution in [2.45, 2.75) is 19.9 Å². The van der Waals surface area contributed by atoms with Gasteiger partial charge in [0.1, 0.15) is 17.2 Å². The van der Waals surface area contributed by atoms with Gasteiger partial charge in [0.25, 0.3) is 5.56 Å². The number of benzene rings is 2. The molecule has 3 heterocycles. The number of aromatic amines is 1. The van der Waals surface area contributed by atoms with E-state index in [-0.39, 0.29) is 5.56 Å². The van der Waals surface area contributed by atoms with Gasteiger partial charge < -0.3 is 4.42 Å². The summed E-state index contributed by atoms with van der Waals surface area (Å²) in [5.74, 6) is 1.93. The van der Waals surface area contributed by atoms with Crippen LogP contribution >= 0.6 is 15.9 Å². The van der Waals surface area contributed by atoms with E-state index >= 15 is 0 Å². The van der Waals surface area contributed by atoms with Crippen molar-refractivity contribution in [1.82, 2.24) is 30.2 Å². The van der Waals surface area contributed by atoms with E-state index < -0.39 is 0 Å². The number of halogens is 1. The van der Waals surface area contributed by atoms with Gasteiger partial charge in [-0.1, -0.05) is 37.3 Å². The van der Waals surface area contributed by atoms with Crippen molar-refractivity contribution in [3.8, 4) is 22.7 Å². The van der Waals surface area contributed by atoms with Crippen LogP contribution in [0.3, 0.4) is 0 Å². The molecule has 5 aromatic rings. The second-order valence-corrected chi connectivity index (χ2v) is 7.79. The molecule has 0 fully saturated rings. The van der Waals surface area contributed by atoms with Crippen molar-refractivity contribution in [3.63, 3.8) is 0 Å². The van der Waals surface area contributed by atoms with Gasteiger partial charge in [-0.15, -0.1) is 10.2 Å². The third-order valence-corrected chi connectivity index (χ3v) is 5.91. The van der Waals surface area contributed by atoms with Gasteiger partial charge in [-0.05, 0) is 38.8 Å². The Hall–Kier alpha value is -3.59. The second-order valence-electron chi connectivity index (χ2n) is 7.00. The quantitative estimate of drug-likeness (QED) is 0.407. The molecular weight excluding hydrogens is 460 g/mol. The highest BCUT2D eigenvalue weighted by Gasteiger charge is 2.19. The number of aromatic nitrogens is 6. The smallest absolute Gasteiger partial charge is 0.253 e. The summed E-state index contributed by atoms with van der Waals surface area (Å²) >= 11 is 3.71. The van der Waals surface area contributed by atoms with E-state index in [2.05, 4.69) is 41.5 Å². The predicted molar refractivity (Wildman–Crippen MR) is 119 cm³/mol. The third kappa shape index (κ3) is 3.46. The van der Waals surface area contributed by atoms with Crippen molar-refractivity contribution < 1.29 is 4.42 Å². The summed E-state index contributed by atoms with van der Waals surface area (Å²) in [4.78, 5) is 16.7. The minimum atomic E-state index is -0.0621. The molecule has 1 N–H and O–H groups in total. The van der Waals surface area contributed by atoms with Crippen molar-refractivity contribution in [3.05, 3.63) is 80.9 Å². The van der Waals surface area contributed by atoms with Crippen LogP contribution in [-0.2, 0) is 13.0 Å². The summed E-state index contributed by atoms with van der Waals surface area (Å²) in [7, 11) is 0. The average Bonchev–Trinajstić information content (AvgIpc) is 3.44. The molecule has 154 valence electrons. The number of rotatable bonds is 5. The number of nitrogens with zero attached hydrogens (tertiary/aromatic N) is 5. The van der Waals surface area contributed by atoms with Gasteiger partial charge in [-0.2, -0.15) is 5.21 Å². The van der Waals surface area contributed by atoms with E-state index in [4.69, 9.17) is 4.42 Å². The Bertz CT molecular complexity index is 1440. The lowest BCUT2D eigenvalue weighted by atomic mass is 10.0. The standard InChI is InChI=1S/C22H17BrN6O2/c1-2-18-24-10-9-19(30)29(18)12-13-7-8-17-16(11-13)20(23)21(31-17)14-5-3-4-6-15(14)22-25-27-28-26-22/h3-11H,2,12H2,1H3,(H,25,26,27,28). The molecule has 0 bridgehead atoms. The molecule has 0 saturated heterocycles. The molecule has 0 aliphatic heterocycles. The van der Waals surface area contributed by atoms with Gasteiger partial charge in [0.05, 0.1) is 11.0 Å². The van der Waals surface area contributed by atoms with Gasteiger partial charge in [0, 0.05) is 35.2 Å². The van der Waals surface area contributed by atoms with Gasteiger partial charge in [-0.3, -0.25) is 9.36 Å². The maximum Gasteiger partial charge on any atom is 0.253 e. The molecule has 0 atom stereocenters. The molecule has 0 spiro atoms. The number of hydrogen-bond donors (Lipinski definition) is 1. The normalized spacial score (nSPS) is 11.3. The van der Waals surface area contributed by atoms with Crippen LogP contribution in [0.5, 0.6) is 0 Å². The number of hydrogen-bond acceptors (Lipinski definition) is 6. The first-order chi connectivity index (χ1) is 15.2. The van der Waals surface area contributed by atoms with Crippen LogP contribution in [0, 0.1) is 0 Å². The largest absolute Gasteiger partial charge is 0.455 e. The van der Waals surface area contributed by atoms with Gasteiger partial charge in [0.2, 0.25) is 5.82 Å². The van der Waals surface area contributed by atoms with E-state index in [1.807, 2.05) is 49.4 Å². The van der Waals surface area contributed by atoms with E-state index in [1.165, 1.54) is 6.07 Å². The van der Waals surface area contributed by atoms with Crippen LogP contribution in [0.25, 0.3) is 33.7 Å². The molecule has 31 heavy (non-hydrogen) atoms. The Morgan fingerprint density at radius 1 is 1.13 bits per heavy atom. The SMILES string of the molecule is CCc1nccc(=O)n1Cc1ccc2oc(-c3ccccc3-c3nn[nH]n3)c(Br)c2c1. The number of tetrazole rings is 1. The monoisotopic (exact) mass is 476 g/mol. The maximum atomic E-state index is 12.3. The highest BCUT2D eigenvalue weighted by atomic mass is 79.9. The third-order valence-electron chi connectivity index (χ3n) is 5.12. The summed E-state index contributed by atoms with van der Waals surface area (Å²) in [6.45, 7) is 2.43. The van der Waals surface area contributed by atoms with Crippen molar-refractivity contribution in [2.75, 3.05) is 0 Å². The van der Waals surface area contributed by atoms with Gasteiger partial charge in [0.15, 0.2) is 0 Å². The Labute approximate surface area is 185 Å². The highest BCUT2D eigenvalue weighted by Crippen LogP contribution is 2.41. The Kier molecular flexibility index (Phi) is 4.95. The molecular formula is C22H17BrN6O2.